The third-order valence-electron chi connectivity index (χ3n) is 4.22. The Bertz CT molecular complexity index is 1290. The van der Waals surface area contributed by atoms with Gasteiger partial charge in [-0.25, -0.2) is 9.97 Å². The van der Waals surface area contributed by atoms with Crippen molar-refractivity contribution in [2.45, 2.75) is 19.6 Å². The molecule has 4 aromatic heterocycles. The van der Waals surface area contributed by atoms with E-state index in [4.69, 9.17) is 0 Å². The Kier molecular flexibility index (Phi) is 4.29. The van der Waals surface area contributed by atoms with Gasteiger partial charge in [0.25, 0.3) is 5.56 Å². The first-order valence-electron chi connectivity index (χ1n) is 8.41. The third-order valence-corrected chi connectivity index (χ3v) is 4.22. The molecule has 0 aliphatic heterocycles. The van der Waals surface area contributed by atoms with Crippen molar-refractivity contribution < 1.29 is 18.0 Å². The summed E-state index contributed by atoms with van der Waals surface area (Å²) < 4.78 is 41.2. The molecular formula is C18H13F3N6O2. The van der Waals surface area contributed by atoms with Crippen LogP contribution in [0.4, 0.5) is 19.0 Å². The largest absolute Gasteiger partial charge is 0.433 e. The van der Waals surface area contributed by atoms with Gasteiger partial charge in [0.15, 0.2) is 5.65 Å². The van der Waals surface area contributed by atoms with E-state index in [-0.39, 0.29) is 23.2 Å². The summed E-state index contributed by atoms with van der Waals surface area (Å²) in [5.74, 6) is -0.207. The van der Waals surface area contributed by atoms with E-state index >= 15 is 0 Å². The van der Waals surface area contributed by atoms with E-state index in [1.54, 1.807) is 18.3 Å². The lowest BCUT2D eigenvalue weighted by molar-refractivity contribution is -0.141. The Morgan fingerprint density at radius 3 is 2.66 bits per heavy atom. The number of nitrogens with zero attached hydrogens (tertiary/aromatic N) is 5. The number of amides is 1. The van der Waals surface area contributed by atoms with Gasteiger partial charge in [0, 0.05) is 12.3 Å². The zero-order valence-corrected chi connectivity index (χ0v) is 14.9. The van der Waals surface area contributed by atoms with Crippen molar-refractivity contribution in [1.29, 1.82) is 0 Å². The van der Waals surface area contributed by atoms with Crippen molar-refractivity contribution in [3.63, 3.8) is 0 Å². The first-order chi connectivity index (χ1) is 13.7. The summed E-state index contributed by atoms with van der Waals surface area (Å²) in [6.07, 6.45) is -1.77. The van der Waals surface area contributed by atoms with Crippen molar-refractivity contribution in [3.8, 4) is 0 Å². The molecular weight excluding hydrogens is 389 g/mol. The van der Waals surface area contributed by atoms with Crippen molar-refractivity contribution >= 4 is 28.4 Å². The number of hydrogen-bond acceptors (Lipinski definition) is 5. The normalized spacial score (nSPS) is 11.9. The maximum Gasteiger partial charge on any atom is 0.433 e. The molecule has 0 radical (unpaired) electrons. The van der Waals surface area contributed by atoms with Gasteiger partial charge in [-0.15, -0.1) is 0 Å². The first-order valence-corrected chi connectivity index (χ1v) is 8.41. The summed E-state index contributed by atoms with van der Waals surface area (Å²) in [6.45, 7) is 1.47. The maximum atomic E-state index is 13.0. The van der Waals surface area contributed by atoms with Gasteiger partial charge in [0.05, 0.1) is 11.6 Å². The van der Waals surface area contributed by atoms with Crippen LogP contribution in [0.25, 0.3) is 16.7 Å². The van der Waals surface area contributed by atoms with Gasteiger partial charge in [0.1, 0.15) is 23.7 Å². The lowest BCUT2D eigenvalue weighted by Gasteiger charge is -2.12. The molecule has 0 saturated carbocycles. The summed E-state index contributed by atoms with van der Waals surface area (Å²) in [7, 11) is 0. The van der Waals surface area contributed by atoms with E-state index in [1.807, 2.05) is 6.92 Å². The number of aryl methyl sites for hydroxylation is 1. The van der Waals surface area contributed by atoms with E-state index in [1.165, 1.54) is 12.3 Å². The Morgan fingerprint density at radius 1 is 1.17 bits per heavy atom. The van der Waals surface area contributed by atoms with Crippen LogP contribution in [0.2, 0.25) is 0 Å². The molecule has 0 aliphatic carbocycles. The van der Waals surface area contributed by atoms with E-state index in [0.29, 0.717) is 5.82 Å². The summed E-state index contributed by atoms with van der Waals surface area (Å²) >= 11 is 0. The molecule has 29 heavy (non-hydrogen) atoms. The lowest BCUT2D eigenvalue weighted by Crippen LogP contribution is -2.30. The average molecular weight is 402 g/mol. The van der Waals surface area contributed by atoms with Gasteiger partial charge < -0.3 is 5.32 Å². The van der Waals surface area contributed by atoms with E-state index in [9.17, 15) is 22.8 Å². The Balaban J connectivity index is 1.77. The molecule has 0 atom stereocenters. The molecule has 0 spiro atoms. The second kappa shape index (κ2) is 6.69. The number of fused-ring (bicyclic) bond motifs is 3. The number of carbonyl (C=O) groups is 1. The topological polar surface area (TPSA) is 94.2 Å². The van der Waals surface area contributed by atoms with Crippen LogP contribution in [0, 0.1) is 6.92 Å². The highest BCUT2D eigenvalue weighted by Gasteiger charge is 2.33. The fourth-order valence-electron chi connectivity index (χ4n) is 2.87. The quantitative estimate of drug-likeness (QED) is 0.568. The molecule has 0 bridgehead atoms. The second-order valence-electron chi connectivity index (χ2n) is 6.33. The van der Waals surface area contributed by atoms with Crippen molar-refractivity contribution in [3.05, 3.63) is 64.3 Å². The summed E-state index contributed by atoms with van der Waals surface area (Å²) in [6, 6.07) is 6.56. The fourth-order valence-corrected chi connectivity index (χ4v) is 2.87. The number of anilines is 1. The molecule has 0 saturated heterocycles. The number of aromatic nitrogens is 5. The molecule has 4 rings (SSSR count). The lowest BCUT2D eigenvalue weighted by atomic mass is 10.2. The van der Waals surface area contributed by atoms with E-state index < -0.39 is 23.3 Å². The number of hydrogen-bond donors (Lipinski definition) is 1. The molecule has 148 valence electrons. The van der Waals surface area contributed by atoms with Gasteiger partial charge >= 0.3 is 6.18 Å². The minimum absolute atomic E-state index is 0.0875. The number of carbonyl (C=O) groups excluding carboxylic acids is 1. The average Bonchev–Trinajstić information content (AvgIpc) is 3.16. The smallest absolute Gasteiger partial charge is 0.309 e. The fraction of sp³-hybridized carbons (Fsp3) is 0.167. The molecule has 0 fully saturated rings. The van der Waals surface area contributed by atoms with Crippen molar-refractivity contribution in [1.82, 2.24) is 24.1 Å². The first kappa shape index (κ1) is 18.6. The monoisotopic (exact) mass is 402 g/mol. The minimum atomic E-state index is -4.66. The highest BCUT2D eigenvalue weighted by atomic mass is 19.4. The molecule has 11 heteroatoms. The van der Waals surface area contributed by atoms with Crippen LogP contribution in [0.3, 0.4) is 0 Å². The number of alkyl halides is 3. The number of rotatable bonds is 3. The third kappa shape index (κ3) is 3.42. The number of nitrogens with one attached hydrogen (secondary N) is 1. The van der Waals surface area contributed by atoms with Crippen LogP contribution in [0.15, 0.2) is 47.5 Å². The number of halogens is 3. The molecule has 0 aliphatic rings. The maximum absolute atomic E-state index is 13.0. The van der Waals surface area contributed by atoms with Gasteiger partial charge in [0.2, 0.25) is 5.91 Å². The van der Waals surface area contributed by atoms with Gasteiger partial charge in [-0.2, -0.15) is 22.8 Å². The summed E-state index contributed by atoms with van der Waals surface area (Å²) in [5.41, 5.74) is -0.966. The zero-order valence-electron chi connectivity index (χ0n) is 14.9. The predicted octanol–water partition coefficient (Wildman–Crippen LogP) is 2.41. The van der Waals surface area contributed by atoms with Crippen LogP contribution >= 0.6 is 0 Å². The van der Waals surface area contributed by atoms with E-state index in [0.717, 1.165) is 26.8 Å². The molecule has 8 nitrogen and oxygen atoms in total. The van der Waals surface area contributed by atoms with Crippen LogP contribution in [-0.2, 0) is 17.5 Å². The minimum Gasteiger partial charge on any atom is -0.309 e. The van der Waals surface area contributed by atoms with Crippen LogP contribution in [-0.4, -0.2) is 30.1 Å². The molecule has 1 N–H and O–H groups in total. The number of pyridine rings is 2. The molecule has 0 aromatic carbocycles. The SMILES string of the molecule is Cc1ccc(NC(=O)Cn2c(=O)c3ccc(C(F)(F)F)nc3n3nccc23)nc1. The predicted molar refractivity (Wildman–Crippen MR) is 97.4 cm³/mol. The molecule has 0 unspecified atom stereocenters. The van der Waals surface area contributed by atoms with Crippen molar-refractivity contribution in [2.24, 2.45) is 0 Å². The highest BCUT2D eigenvalue weighted by molar-refractivity contribution is 5.90. The Hall–Kier alpha value is -3.76. The second-order valence-corrected chi connectivity index (χ2v) is 6.33. The van der Waals surface area contributed by atoms with Crippen LogP contribution in [0.1, 0.15) is 11.3 Å². The highest BCUT2D eigenvalue weighted by Crippen LogP contribution is 2.28. The van der Waals surface area contributed by atoms with Crippen molar-refractivity contribution in [2.75, 3.05) is 5.32 Å². The van der Waals surface area contributed by atoms with Crippen LogP contribution < -0.4 is 10.9 Å². The van der Waals surface area contributed by atoms with E-state index in [2.05, 4.69) is 20.4 Å². The Labute approximate surface area is 160 Å². The molecule has 1 amide bonds. The standard InChI is InChI=1S/C18H13F3N6O2/c1-10-2-5-13(22-8-10)25-14(28)9-26-15-6-7-23-27(15)16-11(17(26)29)3-4-12(24-16)18(19,20)21/h2-8H,9H2,1H3,(H,22,25,28). The van der Waals surface area contributed by atoms with Crippen LogP contribution in [0.5, 0.6) is 0 Å². The molecule has 4 aromatic rings. The van der Waals surface area contributed by atoms with Gasteiger partial charge in [-0.05, 0) is 30.7 Å². The Morgan fingerprint density at radius 2 is 1.97 bits per heavy atom. The van der Waals surface area contributed by atoms with Gasteiger partial charge in [-0.1, -0.05) is 6.07 Å². The molecule has 4 heterocycles. The summed E-state index contributed by atoms with van der Waals surface area (Å²) in [4.78, 5) is 32.9. The van der Waals surface area contributed by atoms with Gasteiger partial charge in [-0.3, -0.25) is 14.2 Å². The summed E-state index contributed by atoms with van der Waals surface area (Å²) in [5, 5.41) is 6.44. The zero-order chi connectivity index (χ0) is 20.8.